The third-order valence-corrected chi connectivity index (χ3v) is 5.21. The van der Waals surface area contributed by atoms with Gasteiger partial charge in [-0.1, -0.05) is 24.6 Å². The van der Waals surface area contributed by atoms with Gasteiger partial charge in [0.2, 0.25) is 5.91 Å². The molecular formula is C17H21F3N2O. The van der Waals surface area contributed by atoms with Crippen LogP contribution in [0.5, 0.6) is 0 Å². The Bertz CT molecular complexity index is 596. The summed E-state index contributed by atoms with van der Waals surface area (Å²) in [4.78, 5) is 12.7. The topological polar surface area (TPSA) is 55.1 Å². The van der Waals surface area contributed by atoms with E-state index in [4.69, 9.17) is 5.73 Å². The quantitative estimate of drug-likeness (QED) is 0.894. The monoisotopic (exact) mass is 326 g/mol. The third-order valence-electron chi connectivity index (χ3n) is 5.21. The lowest BCUT2D eigenvalue weighted by Gasteiger charge is -2.24. The van der Waals surface area contributed by atoms with Gasteiger partial charge < -0.3 is 11.1 Å². The maximum atomic E-state index is 12.9. The maximum absolute atomic E-state index is 12.9. The highest BCUT2D eigenvalue weighted by molar-refractivity contribution is 5.91. The van der Waals surface area contributed by atoms with Crippen LogP contribution in [0.15, 0.2) is 24.3 Å². The summed E-state index contributed by atoms with van der Waals surface area (Å²) in [6.07, 6.45) is -0.271. The molecule has 0 radical (unpaired) electrons. The van der Waals surface area contributed by atoms with Gasteiger partial charge in [0.1, 0.15) is 0 Å². The van der Waals surface area contributed by atoms with Crippen LogP contribution >= 0.6 is 0 Å². The predicted molar refractivity (Wildman–Crippen MR) is 80.7 cm³/mol. The summed E-state index contributed by atoms with van der Waals surface area (Å²) in [7, 11) is 0. The van der Waals surface area contributed by atoms with E-state index in [1.54, 1.807) is 6.07 Å². The average molecular weight is 326 g/mol. The van der Waals surface area contributed by atoms with Gasteiger partial charge in [0.15, 0.2) is 0 Å². The standard InChI is InChI=1S/C17H21F3N2O/c18-17(19,20)13-5-2-4-12(9-13)16(7-8-16)15(23)22-14-6-1-3-11(14)10-21/h2,4-5,9,11,14H,1,3,6-8,10,21H2,(H,22,23). The lowest BCUT2D eigenvalue weighted by atomic mass is 9.92. The van der Waals surface area contributed by atoms with Gasteiger partial charge in [0.05, 0.1) is 11.0 Å². The zero-order valence-corrected chi connectivity index (χ0v) is 12.8. The Morgan fingerprint density at radius 2 is 2.04 bits per heavy atom. The second-order valence-corrected chi connectivity index (χ2v) is 6.67. The Morgan fingerprint density at radius 3 is 2.65 bits per heavy atom. The van der Waals surface area contributed by atoms with E-state index in [1.165, 1.54) is 6.07 Å². The van der Waals surface area contributed by atoms with Crippen molar-refractivity contribution in [1.82, 2.24) is 5.32 Å². The summed E-state index contributed by atoms with van der Waals surface area (Å²) in [5, 5.41) is 3.04. The lowest BCUT2D eigenvalue weighted by Crippen LogP contribution is -2.44. The van der Waals surface area contributed by atoms with Crippen LogP contribution in [0.4, 0.5) is 13.2 Å². The Hall–Kier alpha value is -1.56. The zero-order valence-electron chi connectivity index (χ0n) is 12.8. The van der Waals surface area contributed by atoms with Gasteiger partial charge in [0.25, 0.3) is 0 Å². The van der Waals surface area contributed by atoms with Crippen molar-refractivity contribution in [3.63, 3.8) is 0 Å². The van der Waals surface area contributed by atoms with E-state index in [0.717, 1.165) is 31.4 Å². The highest BCUT2D eigenvalue weighted by Crippen LogP contribution is 2.49. The van der Waals surface area contributed by atoms with Gasteiger partial charge in [-0.25, -0.2) is 0 Å². The van der Waals surface area contributed by atoms with Crippen molar-refractivity contribution < 1.29 is 18.0 Å². The van der Waals surface area contributed by atoms with E-state index in [2.05, 4.69) is 5.32 Å². The molecule has 0 heterocycles. The minimum atomic E-state index is -4.39. The number of nitrogens with one attached hydrogen (secondary N) is 1. The van der Waals surface area contributed by atoms with Gasteiger partial charge in [0, 0.05) is 6.04 Å². The molecule has 1 aromatic rings. The van der Waals surface area contributed by atoms with Crippen molar-refractivity contribution >= 4 is 5.91 Å². The fraction of sp³-hybridized carbons (Fsp3) is 0.588. The molecule has 2 fully saturated rings. The number of nitrogens with two attached hydrogens (primary N) is 1. The third kappa shape index (κ3) is 3.09. The van der Waals surface area contributed by atoms with Crippen LogP contribution in [0.25, 0.3) is 0 Å². The van der Waals surface area contributed by atoms with Crippen LogP contribution < -0.4 is 11.1 Å². The minimum absolute atomic E-state index is 0.0516. The van der Waals surface area contributed by atoms with Gasteiger partial charge in [-0.05, 0) is 49.8 Å². The summed E-state index contributed by atoms with van der Waals surface area (Å²) >= 11 is 0. The smallest absolute Gasteiger partial charge is 0.352 e. The molecule has 0 spiro atoms. The molecule has 6 heteroatoms. The van der Waals surface area contributed by atoms with Crippen LogP contribution in [-0.4, -0.2) is 18.5 Å². The normalized spacial score (nSPS) is 26.1. The summed E-state index contributed by atoms with van der Waals surface area (Å²) in [5.74, 6) is 0.124. The van der Waals surface area contributed by atoms with Crippen LogP contribution in [0.3, 0.4) is 0 Å². The molecule has 0 aromatic heterocycles. The van der Waals surface area contributed by atoms with E-state index < -0.39 is 17.2 Å². The molecule has 3 rings (SSSR count). The molecule has 0 bridgehead atoms. The summed E-state index contributed by atoms with van der Waals surface area (Å²) in [6, 6.07) is 5.21. The number of alkyl halides is 3. The summed E-state index contributed by atoms with van der Waals surface area (Å²) < 4.78 is 38.7. The molecule has 0 aliphatic heterocycles. The van der Waals surface area contributed by atoms with E-state index in [9.17, 15) is 18.0 Å². The highest BCUT2D eigenvalue weighted by Gasteiger charge is 2.52. The maximum Gasteiger partial charge on any atom is 0.416 e. The van der Waals surface area contributed by atoms with Gasteiger partial charge in [-0.2, -0.15) is 13.2 Å². The first-order chi connectivity index (χ1) is 10.9. The van der Waals surface area contributed by atoms with Crippen molar-refractivity contribution in [2.24, 2.45) is 11.7 Å². The number of hydrogen-bond donors (Lipinski definition) is 2. The van der Waals surface area contributed by atoms with Gasteiger partial charge in [-0.15, -0.1) is 0 Å². The zero-order chi connectivity index (χ0) is 16.7. The fourth-order valence-electron chi connectivity index (χ4n) is 3.58. The van der Waals surface area contributed by atoms with Crippen molar-refractivity contribution in [1.29, 1.82) is 0 Å². The summed E-state index contributed by atoms with van der Waals surface area (Å²) in [5.41, 5.74) is 4.70. The van der Waals surface area contributed by atoms with Crippen LogP contribution in [0, 0.1) is 5.92 Å². The number of benzene rings is 1. The molecule has 2 aliphatic carbocycles. The molecule has 3 N–H and O–H groups in total. The first-order valence-corrected chi connectivity index (χ1v) is 8.05. The van der Waals surface area contributed by atoms with Crippen LogP contribution in [0.1, 0.15) is 43.2 Å². The Labute approximate surface area is 133 Å². The molecule has 1 aromatic carbocycles. The van der Waals surface area contributed by atoms with Crippen LogP contribution in [0.2, 0.25) is 0 Å². The fourth-order valence-corrected chi connectivity index (χ4v) is 3.58. The Kier molecular flexibility index (Phi) is 4.12. The first kappa shape index (κ1) is 16.3. The molecule has 23 heavy (non-hydrogen) atoms. The number of hydrogen-bond acceptors (Lipinski definition) is 2. The van der Waals surface area contributed by atoms with Crippen molar-refractivity contribution in [3.8, 4) is 0 Å². The molecule has 2 unspecified atom stereocenters. The average Bonchev–Trinajstić information content (AvgIpc) is 3.22. The van der Waals surface area contributed by atoms with Crippen molar-refractivity contribution in [2.45, 2.75) is 49.7 Å². The number of rotatable bonds is 4. The molecule has 126 valence electrons. The molecule has 1 amide bonds. The Balaban J connectivity index is 1.78. The van der Waals surface area contributed by atoms with Crippen molar-refractivity contribution in [3.05, 3.63) is 35.4 Å². The largest absolute Gasteiger partial charge is 0.416 e. The van der Waals surface area contributed by atoms with E-state index >= 15 is 0 Å². The second-order valence-electron chi connectivity index (χ2n) is 6.67. The number of amides is 1. The molecule has 3 nitrogen and oxygen atoms in total. The first-order valence-electron chi connectivity index (χ1n) is 8.05. The molecule has 2 atom stereocenters. The SMILES string of the molecule is NCC1CCCC1NC(=O)C1(c2cccc(C(F)(F)F)c2)CC1. The molecule has 2 aliphatic rings. The summed E-state index contributed by atoms with van der Waals surface area (Å²) in [6.45, 7) is 0.529. The number of carbonyl (C=O) groups excluding carboxylic acids is 1. The number of halogens is 3. The predicted octanol–water partition coefficient (Wildman–Crippen LogP) is 2.98. The van der Waals surface area contributed by atoms with Gasteiger partial charge >= 0.3 is 6.18 Å². The lowest BCUT2D eigenvalue weighted by molar-refractivity contribution is -0.137. The van der Waals surface area contributed by atoms with Crippen molar-refractivity contribution in [2.75, 3.05) is 6.54 Å². The minimum Gasteiger partial charge on any atom is -0.352 e. The van der Waals surface area contributed by atoms with E-state index in [-0.39, 0.29) is 17.9 Å². The van der Waals surface area contributed by atoms with E-state index in [0.29, 0.717) is 24.9 Å². The molecule has 0 saturated heterocycles. The molecule has 2 saturated carbocycles. The highest BCUT2D eigenvalue weighted by atomic mass is 19.4. The van der Waals surface area contributed by atoms with E-state index in [1.807, 2.05) is 0 Å². The Morgan fingerprint density at radius 1 is 1.30 bits per heavy atom. The second kappa shape index (κ2) is 5.82. The van der Waals surface area contributed by atoms with Gasteiger partial charge in [-0.3, -0.25) is 4.79 Å². The number of carbonyl (C=O) groups is 1. The van der Waals surface area contributed by atoms with Crippen LogP contribution in [-0.2, 0) is 16.4 Å². The molecular weight excluding hydrogens is 305 g/mol.